The summed E-state index contributed by atoms with van der Waals surface area (Å²) in [6.45, 7) is 8.78. The minimum absolute atomic E-state index is 0.0186. The van der Waals surface area contributed by atoms with Gasteiger partial charge < -0.3 is 4.74 Å². The third-order valence-electron chi connectivity index (χ3n) is 4.77. The van der Waals surface area contributed by atoms with Gasteiger partial charge in [-0.15, -0.1) is 0 Å². The largest absolute Gasteiger partial charge is 0.459 e. The molecule has 0 spiro atoms. The average molecular weight is 473 g/mol. The molecule has 0 saturated heterocycles. The van der Waals surface area contributed by atoms with Gasteiger partial charge in [-0.25, -0.2) is 25.6 Å². The van der Waals surface area contributed by atoms with E-state index in [9.17, 15) is 21.6 Å². The molecule has 0 amide bonds. The van der Waals surface area contributed by atoms with E-state index in [4.69, 9.17) is 4.74 Å². The van der Waals surface area contributed by atoms with Crippen molar-refractivity contribution in [2.45, 2.75) is 66.4 Å². The van der Waals surface area contributed by atoms with Crippen molar-refractivity contribution >= 4 is 42.6 Å². The fourth-order valence-corrected chi connectivity index (χ4v) is 6.39. The van der Waals surface area contributed by atoms with Gasteiger partial charge in [0.15, 0.2) is 0 Å². The van der Waals surface area contributed by atoms with Gasteiger partial charge in [0.1, 0.15) is 0 Å². The molecular formula is C21H32N2O6S2. The SMILES string of the molecule is CCCCS(=O)(=O)Nc1ccc2c(c1)c(C(=O)OC(C)C)c(C)n2S(=O)(=O)CCCC. The highest BCUT2D eigenvalue weighted by Crippen LogP contribution is 2.31. The fraction of sp³-hybridized carbons (Fsp3) is 0.571. The van der Waals surface area contributed by atoms with Crippen molar-refractivity contribution in [3.05, 3.63) is 29.5 Å². The van der Waals surface area contributed by atoms with E-state index >= 15 is 0 Å². The molecule has 1 N–H and O–H groups in total. The standard InChI is InChI=1S/C21H32N2O6S2/c1-6-8-12-30(25,26)22-17-10-11-19-18(14-17)20(21(24)29-15(3)4)16(5)23(19)31(27,28)13-9-7-2/h10-11,14-15,22H,6-9,12-13H2,1-5H3. The number of carbonyl (C=O) groups is 1. The van der Waals surface area contributed by atoms with E-state index in [1.807, 2.05) is 13.8 Å². The zero-order chi connectivity index (χ0) is 23.4. The first kappa shape index (κ1) is 25.2. The monoisotopic (exact) mass is 472 g/mol. The minimum atomic E-state index is -3.71. The number of anilines is 1. The number of fused-ring (bicyclic) bond motifs is 1. The average Bonchev–Trinajstić information content (AvgIpc) is 2.95. The molecule has 0 radical (unpaired) electrons. The van der Waals surface area contributed by atoms with Crippen LogP contribution < -0.4 is 4.72 Å². The Morgan fingerprint density at radius 2 is 1.68 bits per heavy atom. The maximum absolute atomic E-state index is 13.0. The van der Waals surface area contributed by atoms with E-state index in [-0.39, 0.29) is 28.5 Å². The molecular weight excluding hydrogens is 440 g/mol. The summed E-state index contributed by atoms with van der Waals surface area (Å²) < 4.78 is 59.7. The molecule has 2 rings (SSSR count). The number of unbranched alkanes of at least 4 members (excludes halogenated alkanes) is 2. The number of aromatic nitrogens is 1. The molecule has 31 heavy (non-hydrogen) atoms. The lowest BCUT2D eigenvalue weighted by molar-refractivity contribution is 0.0379. The molecule has 0 fully saturated rings. The summed E-state index contributed by atoms with van der Waals surface area (Å²) in [7, 11) is -7.26. The van der Waals surface area contributed by atoms with E-state index < -0.39 is 32.1 Å². The van der Waals surface area contributed by atoms with Crippen LogP contribution in [0.15, 0.2) is 18.2 Å². The summed E-state index contributed by atoms with van der Waals surface area (Å²) in [5.74, 6) is -0.721. The van der Waals surface area contributed by atoms with Crippen LogP contribution in [0, 0.1) is 6.92 Å². The van der Waals surface area contributed by atoms with Gasteiger partial charge in [-0.3, -0.25) is 4.72 Å². The number of carbonyl (C=O) groups excluding carboxylic acids is 1. The van der Waals surface area contributed by atoms with Gasteiger partial charge >= 0.3 is 5.97 Å². The van der Waals surface area contributed by atoms with Crippen molar-refractivity contribution in [2.75, 3.05) is 16.2 Å². The Morgan fingerprint density at radius 3 is 2.26 bits per heavy atom. The topological polar surface area (TPSA) is 112 Å². The number of hydrogen-bond donors (Lipinski definition) is 1. The smallest absolute Gasteiger partial charge is 0.340 e. The number of hydrogen-bond acceptors (Lipinski definition) is 6. The molecule has 2 aromatic rings. The zero-order valence-electron chi connectivity index (χ0n) is 18.8. The molecule has 0 aliphatic carbocycles. The zero-order valence-corrected chi connectivity index (χ0v) is 20.4. The highest BCUT2D eigenvalue weighted by Gasteiger charge is 2.28. The molecule has 1 aromatic carbocycles. The van der Waals surface area contributed by atoms with Crippen LogP contribution in [0.5, 0.6) is 0 Å². The van der Waals surface area contributed by atoms with E-state index in [1.165, 1.54) is 22.2 Å². The molecule has 1 heterocycles. The Hall–Kier alpha value is -2.07. The van der Waals surface area contributed by atoms with Crippen molar-refractivity contribution in [2.24, 2.45) is 0 Å². The Bertz CT molecular complexity index is 1150. The molecule has 8 nitrogen and oxygen atoms in total. The van der Waals surface area contributed by atoms with Crippen LogP contribution in [0.3, 0.4) is 0 Å². The molecule has 1 aromatic heterocycles. The first-order valence-electron chi connectivity index (χ1n) is 10.5. The Labute approximate surface area is 185 Å². The van der Waals surface area contributed by atoms with E-state index in [0.29, 0.717) is 30.2 Å². The van der Waals surface area contributed by atoms with Crippen molar-refractivity contribution < 1.29 is 26.4 Å². The molecule has 0 unspecified atom stereocenters. The maximum atomic E-state index is 13.0. The number of esters is 1. The van der Waals surface area contributed by atoms with Crippen LogP contribution in [0.1, 0.15) is 69.4 Å². The summed E-state index contributed by atoms with van der Waals surface area (Å²) in [5, 5.41) is 0.332. The summed E-state index contributed by atoms with van der Waals surface area (Å²) in [5.41, 5.74) is 0.965. The molecule has 0 saturated carbocycles. The van der Waals surface area contributed by atoms with Gasteiger partial charge in [-0.1, -0.05) is 26.7 Å². The van der Waals surface area contributed by atoms with Crippen molar-refractivity contribution in [3.63, 3.8) is 0 Å². The lowest BCUT2D eigenvalue weighted by Crippen LogP contribution is -2.19. The number of rotatable bonds is 11. The number of ether oxygens (including phenoxy) is 1. The first-order valence-corrected chi connectivity index (χ1v) is 13.8. The van der Waals surface area contributed by atoms with Crippen molar-refractivity contribution in [3.8, 4) is 0 Å². The number of nitrogens with zero attached hydrogens (tertiary/aromatic N) is 1. The maximum Gasteiger partial charge on any atom is 0.340 e. The predicted octanol–water partition coefficient (Wildman–Crippen LogP) is 4.03. The van der Waals surface area contributed by atoms with Crippen LogP contribution >= 0.6 is 0 Å². The molecule has 0 aliphatic heterocycles. The van der Waals surface area contributed by atoms with E-state index in [1.54, 1.807) is 20.8 Å². The lowest BCUT2D eigenvalue weighted by atomic mass is 10.1. The van der Waals surface area contributed by atoms with Gasteiger partial charge in [-0.2, -0.15) is 0 Å². The summed E-state index contributed by atoms with van der Waals surface area (Å²) >= 11 is 0. The lowest BCUT2D eigenvalue weighted by Gasteiger charge is -2.11. The number of benzene rings is 1. The molecule has 10 heteroatoms. The highest BCUT2D eigenvalue weighted by atomic mass is 32.2. The second-order valence-corrected chi connectivity index (χ2v) is 11.6. The number of nitrogens with one attached hydrogen (secondary N) is 1. The third-order valence-corrected chi connectivity index (χ3v) is 7.98. The second-order valence-electron chi connectivity index (χ2n) is 7.85. The van der Waals surface area contributed by atoms with E-state index in [0.717, 1.165) is 6.42 Å². The van der Waals surface area contributed by atoms with Crippen LogP contribution in [-0.4, -0.2) is 44.4 Å². The van der Waals surface area contributed by atoms with Gasteiger partial charge in [0.05, 0.1) is 28.7 Å². The summed E-state index contributed by atoms with van der Waals surface area (Å²) in [4.78, 5) is 12.8. The third kappa shape index (κ3) is 6.00. The van der Waals surface area contributed by atoms with Crippen molar-refractivity contribution in [1.82, 2.24) is 3.97 Å². The highest BCUT2D eigenvalue weighted by molar-refractivity contribution is 7.92. The minimum Gasteiger partial charge on any atom is -0.459 e. The van der Waals surface area contributed by atoms with Gasteiger partial charge in [0.25, 0.3) is 0 Å². The van der Waals surface area contributed by atoms with Gasteiger partial charge in [0.2, 0.25) is 20.0 Å². The summed E-state index contributed by atoms with van der Waals surface area (Å²) in [6.07, 6.45) is 2.07. The Balaban J connectivity index is 2.67. The van der Waals surface area contributed by atoms with Crippen LogP contribution in [0.25, 0.3) is 10.9 Å². The molecule has 0 bridgehead atoms. The normalized spacial score (nSPS) is 12.5. The quantitative estimate of drug-likeness (QED) is 0.494. The predicted molar refractivity (Wildman–Crippen MR) is 124 cm³/mol. The Kier molecular flexibility index (Phi) is 8.15. The molecule has 0 aliphatic rings. The summed E-state index contributed by atoms with van der Waals surface area (Å²) in [6, 6.07) is 4.53. The van der Waals surface area contributed by atoms with Gasteiger partial charge in [-0.05, 0) is 51.8 Å². The molecule has 0 atom stereocenters. The second kappa shape index (κ2) is 10.0. The Morgan fingerprint density at radius 1 is 1.06 bits per heavy atom. The molecule has 174 valence electrons. The van der Waals surface area contributed by atoms with Crippen LogP contribution in [0.4, 0.5) is 5.69 Å². The van der Waals surface area contributed by atoms with E-state index in [2.05, 4.69) is 4.72 Å². The number of sulfonamides is 1. The fourth-order valence-electron chi connectivity index (χ4n) is 3.33. The van der Waals surface area contributed by atoms with Crippen LogP contribution in [0.2, 0.25) is 0 Å². The van der Waals surface area contributed by atoms with Gasteiger partial charge in [0, 0.05) is 16.8 Å². The van der Waals surface area contributed by atoms with Crippen molar-refractivity contribution in [1.29, 1.82) is 0 Å². The first-order chi connectivity index (χ1) is 14.4. The van der Waals surface area contributed by atoms with Crippen LogP contribution in [-0.2, 0) is 24.8 Å².